The van der Waals surface area contributed by atoms with Gasteiger partial charge in [-0.1, -0.05) is 60.3 Å². The van der Waals surface area contributed by atoms with Crippen molar-refractivity contribution in [3.8, 4) is 11.3 Å². The van der Waals surface area contributed by atoms with Crippen molar-refractivity contribution in [1.29, 1.82) is 0 Å². The lowest BCUT2D eigenvalue weighted by atomic mass is 10.1. The molecular formula is C22H16N4O3S. The smallest absolute Gasteiger partial charge is 0.270 e. The standard InChI is InChI=1S/C22H16N4O3S/c27-21(23-20-10-4-6-15-5-1-2-9-18(15)20)14-30-22-12-11-19(24-25-22)16-7-3-8-17(13-16)26(28)29/h1-13H,14H2,(H,23,27). The Labute approximate surface area is 176 Å². The van der Waals surface area contributed by atoms with Crippen LogP contribution in [-0.4, -0.2) is 26.8 Å². The molecule has 1 aromatic heterocycles. The topological polar surface area (TPSA) is 98.0 Å². The maximum absolute atomic E-state index is 12.4. The van der Waals surface area contributed by atoms with Crippen molar-refractivity contribution in [1.82, 2.24) is 10.2 Å². The molecular weight excluding hydrogens is 400 g/mol. The van der Waals surface area contributed by atoms with Crippen LogP contribution in [0.5, 0.6) is 0 Å². The van der Waals surface area contributed by atoms with Crippen LogP contribution in [0.25, 0.3) is 22.0 Å². The Hall–Kier alpha value is -3.78. The van der Waals surface area contributed by atoms with Gasteiger partial charge in [0.1, 0.15) is 5.03 Å². The molecule has 0 bridgehead atoms. The first-order valence-electron chi connectivity index (χ1n) is 9.09. The third-order valence-electron chi connectivity index (χ3n) is 4.41. The minimum absolute atomic E-state index is 0.00198. The van der Waals surface area contributed by atoms with E-state index in [1.807, 2.05) is 42.5 Å². The number of hydrogen-bond acceptors (Lipinski definition) is 6. The van der Waals surface area contributed by atoms with Gasteiger partial charge in [-0.3, -0.25) is 14.9 Å². The van der Waals surface area contributed by atoms with E-state index in [2.05, 4.69) is 15.5 Å². The number of anilines is 1. The summed E-state index contributed by atoms with van der Waals surface area (Å²) >= 11 is 1.27. The van der Waals surface area contributed by atoms with Crippen LogP contribution < -0.4 is 5.32 Å². The van der Waals surface area contributed by atoms with Crippen molar-refractivity contribution < 1.29 is 9.72 Å². The molecule has 0 unspecified atom stereocenters. The van der Waals surface area contributed by atoms with E-state index in [0.29, 0.717) is 16.3 Å². The molecule has 0 radical (unpaired) electrons. The second-order valence-corrected chi connectivity index (χ2v) is 7.42. The molecule has 0 spiro atoms. The molecule has 0 atom stereocenters. The number of benzene rings is 3. The monoisotopic (exact) mass is 416 g/mol. The van der Waals surface area contributed by atoms with E-state index in [0.717, 1.165) is 16.5 Å². The lowest BCUT2D eigenvalue weighted by molar-refractivity contribution is -0.384. The van der Waals surface area contributed by atoms with E-state index in [1.54, 1.807) is 24.3 Å². The fourth-order valence-electron chi connectivity index (χ4n) is 2.99. The van der Waals surface area contributed by atoms with E-state index >= 15 is 0 Å². The first kappa shape index (κ1) is 19.5. The molecule has 1 amide bonds. The molecule has 4 rings (SSSR count). The third-order valence-corrected chi connectivity index (χ3v) is 5.33. The predicted octanol–water partition coefficient (Wildman–Crippen LogP) is 4.94. The van der Waals surface area contributed by atoms with E-state index in [1.165, 1.54) is 23.9 Å². The van der Waals surface area contributed by atoms with Gasteiger partial charge >= 0.3 is 0 Å². The number of nitrogens with zero attached hydrogens (tertiary/aromatic N) is 3. The van der Waals surface area contributed by atoms with Crippen molar-refractivity contribution in [3.05, 3.63) is 89.0 Å². The van der Waals surface area contributed by atoms with E-state index in [-0.39, 0.29) is 17.3 Å². The number of nitro benzene ring substituents is 1. The zero-order valence-electron chi connectivity index (χ0n) is 15.7. The number of thioether (sulfide) groups is 1. The van der Waals surface area contributed by atoms with Crippen LogP contribution in [0.4, 0.5) is 11.4 Å². The Morgan fingerprint density at radius 1 is 0.967 bits per heavy atom. The highest BCUT2D eigenvalue weighted by Gasteiger charge is 2.10. The highest BCUT2D eigenvalue weighted by molar-refractivity contribution is 7.99. The second kappa shape index (κ2) is 8.71. The van der Waals surface area contributed by atoms with Crippen molar-refractivity contribution >= 4 is 39.8 Å². The summed E-state index contributed by atoms with van der Waals surface area (Å²) in [6, 6.07) is 23.3. The molecule has 0 aliphatic carbocycles. The number of carbonyl (C=O) groups is 1. The summed E-state index contributed by atoms with van der Waals surface area (Å²) in [7, 11) is 0. The number of nitro groups is 1. The highest BCUT2D eigenvalue weighted by atomic mass is 32.2. The molecule has 148 valence electrons. The van der Waals surface area contributed by atoms with Crippen LogP contribution in [0, 0.1) is 10.1 Å². The Morgan fingerprint density at radius 2 is 1.77 bits per heavy atom. The van der Waals surface area contributed by atoms with Gasteiger partial charge in [-0.15, -0.1) is 10.2 Å². The van der Waals surface area contributed by atoms with Crippen LogP contribution in [0.15, 0.2) is 83.9 Å². The maximum Gasteiger partial charge on any atom is 0.270 e. The van der Waals surface area contributed by atoms with Crippen molar-refractivity contribution in [2.75, 3.05) is 11.1 Å². The summed E-state index contributed by atoms with van der Waals surface area (Å²) in [5, 5.41) is 24.7. The van der Waals surface area contributed by atoms with Crippen LogP contribution in [0.3, 0.4) is 0 Å². The van der Waals surface area contributed by atoms with Gasteiger partial charge in [-0.25, -0.2) is 0 Å². The Balaban J connectivity index is 1.40. The quantitative estimate of drug-likeness (QED) is 0.272. The Morgan fingerprint density at radius 3 is 2.57 bits per heavy atom. The van der Waals surface area contributed by atoms with Crippen LogP contribution in [0.2, 0.25) is 0 Å². The lowest BCUT2D eigenvalue weighted by Gasteiger charge is -2.08. The number of carbonyl (C=O) groups excluding carboxylic acids is 1. The molecule has 1 heterocycles. The van der Waals surface area contributed by atoms with Crippen molar-refractivity contribution in [2.24, 2.45) is 0 Å². The third kappa shape index (κ3) is 4.44. The van der Waals surface area contributed by atoms with Gasteiger partial charge in [0.2, 0.25) is 5.91 Å². The zero-order chi connectivity index (χ0) is 20.9. The summed E-state index contributed by atoms with van der Waals surface area (Å²) in [5.41, 5.74) is 1.91. The molecule has 8 heteroatoms. The fourth-order valence-corrected chi connectivity index (χ4v) is 3.60. The molecule has 30 heavy (non-hydrogen) atoms. The van der Waals surface area contributed by atoms with Gasteiger partial charge in [-0.05, 0) is 23.6 Å². The number of fused-ring (bicyclic) bond motifs is 1. The average molecular weight is 416 g/mol. The number of nitrogens with one attached hydrogen (secondary N) is 1. The summed E-state index contributed by atoms with van der Waals surface area (Å²) in [4.78, 5) is 22.8. The predicted molar refractivity (Wildman–Crippen MR) is 117 cm³/mol. The normalized spacial score (nSPS) is 10.7. The number of hydrogen-bond donors (Lipinski definition) is 1. The van der Waals surface area contributed by atoms with Gasteiger partial charge in [0.15, 0.2) is 0 Å². The van der Waals surface area contributed by atoms with Crippen LogP contribution in [0.1, 0.15) is 0 Å². The number of non-ortho nitro benzene ring substituents is 1. The molecule has 4 aromatic rings. The van der Waals surface area contributed by atoms with Crippen LogP contribution >= 0.6 is 11.8 Å². The van der Waals surface area contributed by atoms with Crippen LogP contribution in [-0.2, 0) is 4.79 Å². The summed E-state index contributed by atoms with van der Waals surface area (Å²) in [6.45, 7) is 0. The van der Waals surface area contributed by atoms with Gasteiger partial charge in [0.05, 0.1) is 16.4 Å². The summed E-state index contributed by atoms with van der Waals surface area (Å²) in [5.74, 6) is 0.0505. The van der Waals surface area contributed by atoms with Gasteiger partial charge < -0.3 is 5.32 Å². The van der Waals surface area contributed by atoms with Gasteiger partial charge in [0, 0.05) is 28.8 Å². The van der Waals surface area contributed by atoms with Crippen molar-refractivity contribution in [2.45, 2.75) is 5.03 Å². The average Bonchev–Trinajstić information content (AvgIpc) is 2.78. The molecule has 0 aliphatic rings. The minimum Gasteiger partial charge on any atom is -0.325 e. The molecule has 0 aliphatic heterocycles. The second-order valence-electron chi connectivity index (χ2n) is 6.43. The SMILES string of the molecule is O=C(CSc1ccc(-c2cccc([N+](=O)[O-])c2)nn1)Nc1cccc2ccccc12. The van der Waals surface area contributed by atoms with E-state index in [4.69, 9.17) is 0 Å². The summed E-state index contributed by atoms with van der Waals surface area (Å²) in [6.07, 6.45) is 0. The van der Waals surface area contributed by atoms with Crippen molar-refractivity contribution in [3.63, 3.8) is 0 Å². The zero-order valence-corrected chi connectivity index (χ0v) is 16.5. The number of rotatable bonds is 6. The first-order valence-corrected chi connectivity index (χ1v) is 10.1. The molecule has 0 saturated carbocycles. The largest absolute Gasteiger partial charge is 0.325 e. The van der Waals surface area contributed by atoms with Gasteiger partial charge in [-0.2, -0.15) is 0 Å². The molecule has 0 saturated heterocycles. The minimum atomic E-state index is -0.449. The number of aromatic nitrogens is 2. The lowest BCUT2D eigenvalue weighted by Crippen LogP contribution is -2.14. The number of amides is 1. The molecule has 7 nitrogen and oxygen atoms in total. The maximum atomic E-state index is 12.4. The van der Waals surface area contributed by atoms with E-state index < -0.39 is 4.92 Å². The molecule has 1 N–H and O–H groups in total. The first-order chi connectivity index (χ1) is 14.6. The van der Waals surface area contributed by atoms with Gasteiger partial charge in [0.25, 0.3) is 5.69 Å². The Kier molecular flexibility index (Phi) is 5.67. The highest BCUT2D eigenvalue weighted by Crippen LogP contribution is 2.25. The Bertz CT molecular complexity index is 1220. The molecule has 3 aromatic carbocycles. The molecule has 0 fully saturated rings. The fraction of sp³-hybridized carbons (Fsp3) is 0.0455. The summed E-state index contributed by atoms with van der Waals surface area (Å²) < 4.78 is 0. The van der Waals surface area contributed by atoms with E-state index in [9.17, 15) is 14.9 Å².